The molecule has 0 unspecified atom stereocenters. The molecule has 4 rings (SSSR count). The first kappa shape index (κ1) is 14.8. The van der Waals surface area contributed by atoms with E-state index < -0.39 is 0 Å². The molecule has 0 aromatic carbocycles. The Labute approximate surface area is 138 Å². The zero-order chi connectivity index (χ0) is 16.2. The topological polar surface area (TPSA) is 93.1 Å². The summed E-state index contributed by atoms with van der Waals surface area (Å²) in [5.41, 5.74) is 0.816. The van der Waals surface area contributed by atoms with Crippen LogP contribution in [0.1, 0.15) is 18.7 Å². The molecule has 8 nitrogen and oxygen atoms in total. The molecule has 1 N–H and O–H groups in total. The number of hydrogen-bond acceptors (Lipinski definition) is 8. The number of aromatic nitrogens is 4. The molecule has 0 saturated carbocycles. The molecule has 1 fully saturated rings. The summed E-state index contributed by atoms with van der Waals surface area (Å²) >= 11 is 0. The predicted octanol–water partition coefficient (Wildman–Crippen LogP) is 1.88. The van der Waals surface area contributed by atoms with Crippen LogP contribution in [0, 0.1) is 0 Å². The minimum Gasteiger partial charge on any atom is -0.472 e. The summed E-state index contributed by atoms with van der Waals surface area (Å²) in [6.45, 7) is 2.44. The number of nitrogens with one attached hydrogen (secondary N) is 1. The molecule has 0 spiro atoms. The highest BCUT2D eigenvalue weighted by molar-refractivity contribution is 5.51. The van der Waals surface area contributed by atoms with Gasteiger partial charge < -0.3 is 19.2 Å². The highest BCUT2D eigenvalue weighted by Crippen LogP contribution is 2.18. The van der Waals surface area contributed by atoms with Gasteiger partial charge in [-0.05, 0) is 31.0 Å². The van der Waals surface area contributed by atoms with Gasteiger partial charge in [-0.15, -0.1) is 5.10 Å². The Morgan fingerprint density at radius 3 is 3.17 bits per heavy atom. The summed E-state index contributed by atoms with van der Waals surface area (Å²) < 4.78 is 10.3. The molecule has 3 aromatic heterocycles. The molecule has 1 saturated heterocycles. The second kappa shape index (κ2) is 6.79. The van der Waals surface area contributed by atoms with Crippen molar-refractivity contribution in [3.8, 4) is 11.4 Å². The quantitative estimate of drug-likeness (QED) is 0.759. The molecule has 3 aromatic rings. The monoisotopic (exact) mass is 326 g/mol. The Morgan fingerprint density at radius 1 is 1.33 bits per heavy atom. The first-order valence-corrected chi connectivity index (χ1v) is 8.00. The molecule has 1 aliphatic rings. The smallest absolute Gasteiger partial charge is 0.240 e. The molecular formula is C16H18N6O2. The van der Waals surface area contributed by atoms with Gasteiger partial charge in [0.1, 0.15) is 6.26 Å². The molecule has 1 aliphatic heterocycles. The highest BCUT2D eigenvalue weighted by Gasteiger charge is 2.21. The van der Waals surface area contributed by atoms with Gasteiger partial charge >= 0.3 is 0 Å². The summed E-state index contributed by atoms with van der Waals surface area (Å²) in [7, 11) is 0. The van der Waals surface area contributed by atoms with E-state index in [1.807, 2.05) is 18.2 Å². The van der Waals surface area contributed by atoms with Crippen LogP contribution in [0.3, 0.4) is 0 Å². The van der Waals surface area contributed by atoms with Crippen molar-refractivity contribution >= 4 is 5.82 Å². The molecule has 24 heavy (non-hydrogen) atoms. The lowest BCUT2D eigenvalue weighted by Gasteiger charge is -2.33. The number of hydrogen-bond donors (Lipinski definition) is 1. The average molecular weight is 326 g/mol. The first-order valence-electron chi connectivity index (χ1n) is 8.00. The Balaban J connectivity index is 1.34. The van der Waals surface area contributed by atoms with E-state index in [0.717, 1.165) is 37.3 Å². The molecule has 0 aliphatic carbocycles. The summed E-state index contributed by atoms with van der Waals surface area (Å²) in [5, 5.41) is 15.6. The largest absolute Gasteiger partial charge is 0.472 e. The van der Waals surface area contributed by atoms with E-state index in [1.54, 1.807) is 18.7 Å². The van der Waals surface area contributed by atoms with E-state index in [1.165, 1.54) is 0 Å². The van der Waals surface area contributed by atoms with Crippen molar-refractivity contribution in [3.63, 3.8) is 0 Å². The Hall–Kier alpha value is -2.74. The van der Waals surface area contributed by atoms with Gasteiger partial charge in [-0.3, -0.25) is 0 Å². The summed E-state index contributed by atoms with van der Waals surface area (Å²) in [6, 6.07) is 6.06. The first-order chi connectivity index (χ1) is 11.9. The Morgan fingerprint density at radius 2 is 2.33 bits per heavy atom. The third-order valence-electron chi connectivity index (χ3n) is 4.09. The Kier molecular flexibility index (Phi) is 4.20. The lowest BCUT2D eigenvalue weighted by atomic mass is 10.1. The average Bonchev–Trinajstić information content (AvgIpc) is 3.32. The van der Waals surface area contributed by atoms with Crippen molar-refractivity contribution in [2.75, 3.05) is 18.0 Å². The van der Waals surface area contributed by atoms with E-state index in [0.29, 0.717) is 24.3 Å². The maximum absolute atomic E-state index is 5.29. The molecule has 8 heteroatoms. The van der Waals surface area contributed by atoms with E-state index >= 15 is 0 Å². The molecular weight excluding hydrogens is 308 g/mol. The van der Waals surface area contributed by atoms with Crippen LogP contribution < -0.4 is 10.2 Å². The highest BCUT2D eigenvalue weighted by atomic mass is 16.5. The van der Waals surface area contributed by atoms with Gasteiger partial charge in [-0.2, -0.15) is 10.1 Å². The summed E-state index contributed by atoms with van der Waals surface area (Å²) in [4.78, 5) is 6.63. The van der Waals surface area contributed by atoms with Crippen LogP contribution in [-0.4, -0.2) is 39.5 Å². The van der Waals surface area contributed by atoms with Crippen molar-refractivity contribution in [1.82, 2.24) is 25.7 Å². The van der Waals surface area contributed by atoms with E-state index in [4.69, 9.17) is 8.94 Å². The zero-order valence-corrected chi connectivity index (χ0v) is 13.1. The zero-order valence-electron chi connectivity index (χ0n) is 13.1. The van der Waals surface area contributed by atoms with E-state index in [-0.39, 0.29) is 0 Å². The number of nitrogens with zero attached hydrogens (tertiary/aromatic N) is 5. The number of furan rings is 1. The van der Waals surface area contributed by atoms with Crippen molar-refractivity contribution in [1.29, 1.82) is 0 Å². The molecule has 0 amide bonds. The fourth-order valence-corrected chi connectivity index (χ4v) is 2.88. The molecule has 4 heterocycles. The second-order valence-electron chi connectivity index (χ2n) is 5.77. The van der Waals surface area contributed by atoms with Gasteiger partial charge in [0, 0.05) is 25.3 Å². The van der Waals surface area contributed by atoms with Gasteiger partial charge in [-0.25, -0.2) is 0 Å². The van der Waals surface area contributed by atoms with Crippen LogP contribution in [0.4, 0.5) is 5.82 Å². The van der Waals surface area contributed by atoms with Crippen LogP contribution in [0.15, 0.2) is 45.9 Å². The van der Waals surface area contributed by atoms with Crippen molar-refractivity contribution < 1.29 is 8.94 Å². The minimum atomic E-state index is 0.352. The maximum Gasteiger partial charge on any atom is 0.240 e. The minimum absolute atomic E-state index is 0.352. The maximum atomic E-state index is 5.29. The van der Waals surface area contributed by atoms with Crippen LogP contribution in [0.25, 0.3) is 11.4 Å². The van der Waals surface area contributed by atoms with Crippen molar-refractivity contribution in [2.24, 2.45) is 0 Å². The standard InChI is InChI=1S/C16H18N6O2/c1-4-14(20-18-6-1)22-7-2-3-13(10-22)17-9-15-19-16(21-24-15)12-5-8-23-11-12/h1,4-6,8,11,13,17H,2-3,7,9-10H2/t13-/m1/s1. The number of rotatable bonds is 5. The third kappa shape index (κ3) is 3.28. The van der Waals surface area contributed by atoms with Crippen LogP contribution >= 0.6 is 0 Å². The molecule has 0 radical (unpaired) electrons. The van der Waals surface area contributed by atoms with Gasteiger partial charge in [0.15, 0.2) is 5.82 Å². The summed E-state index contributed by atoms with van der Waals surface area (Å²) in [5.74, 6) is 2.04. The van der Waals surface area contributed by atoms with Gasteiger partial charge in [-0.1, -0.05) is 5.16 Å². The van der Waals surface area contributed by atoms with Gasteiger partial charge in [0.25, 0.3) is 0 Å². The number of piperidine rings is 1. The van der Waals surface area contributed by atoms with Crippen molar-refractivity contribution in [2.45, 2.75) is 25.4 Å². The summed E-state index contributed by atoms with van der Waals surface area (Å²) in [6.07, 6.45) is 7.10. The molecule has 124 valence electrons. The van der Waals surface area contributed by atoms with Gasteiger partial charge in [0.2, 0.25) is 11.7 Å². The molecule has 0 bridgehead atoms. The fourth-order valence-electron chi connectivity index (χ4n) is 2.88. The van der Waals surface area contributed by atoms with Crippen LogP contribution in [0.2, 0.25) is 0 Å². The van der Waals surface area contributed by atoms with Crippen molar-refractivity contribution in [3.05, 3.63) is 42.8 Å². The normalized spacial score (nSPS) is 18.0. The van der Waals surface area contributed by atoms with Crippen LogP contribution in [0.5, 0.6) is 0 Å². The third-order valence-corrected chi connectivity index (χ3v) is 4.09. The second-order valence-corrected chi connectivity index (χ2v) is 5.77. The van der Waals surface area contributed by atoms with E-state index in [2.05, 4.69) is 30.6 Å². The van der Waals surface area contributed by atoms with Crippen LogP contribution in [-0.2, 0) is 6.54 Å². The molecule has 1 atom stereocenters. The number of anilines is 1. The van der Waals surface area contributed by atoms with E-state index in [9.17, 15) is 0 Å². The lowest BCUT2D eigenvalue weighted by molar-refractivity contribution is 0.344. The Bertz CT molecular complexity index is 758. The van der Waals surface area contributed by atoms with Gasteiger partial charge in [0.05, 0.1) is 18.4 Å². The predicted molar refractivity (Wildman–Crippen MR) is 86.1 cm³/mol. The SMILES string of the molecule is c1cnnc(N2CCC[C@@H](NCc3nc(-c4ccoc4)no3)C2)c1. The fraction of sp³-hybridized carbons (Fsp3) is 0.375. The lowest BCUT2D eigenvalue weighted by Crippen LogP contribution is -2.45.